The van der Waals surface area contributed by atoms with E-state index in [2.05, 4.69) is 26.2 Å². The fourth-order valence-electron chi connectivity index (χ4n) is 2.05. The second-order valence-electron chi connectivity index (χ2n) is 5.11. The van der Waals surface area contributed by atoms with Crippen molar-refractivity contribution >= 4 is 50.1 Å². The average Bonchev–Trinajstić information content (AvgIpc) is 3.06. The molecule has 3 aromatic rings. The van der Waals surface area contributed by atoms with Crippen LogP contribution in [-0.4, -0.2) is 16.1 Å². The number of aromatic nitrogens is 1. The summed E-state index contributed by atoms with van der Waals surface area (Å²) in [4.78, 5) is 17.9. The zero-order chi connectivity index (χ0) is 16.9. The first-order valence-corrected chi connectivity index (χ1v) is 9.91. The van der Waals surface area contributed by atoms with Gasteiger partial charge in [0, 0.05) is 20.3 Å². The number of carbonyl (C=O) groups excluding carboxylic acids is 1. The second-order valence-corrected chi connectivity index (χ2v) is 8.30. The predicted molar refractivity (Wildman–Crippen MR) is 106 cm³/mol. The molecule has 0 spiro atoms. The maximum absolute atomic E-state index is 12.4. The highest BCUT2D eigenvalue weighted by atomic mass is 79.9. The van der Waals surface area contributed by atoms with Crippen LogP contribution in [0.5, 0.6) is 0 Å². The third-order valence-corrected chi connectivity index (χ3v) is 5.70. The third-order valence-electron chi connectivity index (χ3n) is 3.30. The summed E-state index contributed by atoms with van der Waals surface area (Å²) < 4.78 is 1.03. The van der Waals surface area contributed by atoms with Crippen molar-refractivity contribution in [1.29, 1.82) is 0 Å². The maximum atomic E-state index is 12.4. The van der Waals surface area contributed by atoms with E-state index in [1.807, 2.05) is 66.9 Å². The highest BCUT2D eigenvalue weighted by molar-refractivity contribution is 9.10. The predicted octanol–water partition coefficient (Wildman–Crippen LogP) is 5.69. The Kier molecular flexibility index (Phi) is 5.71. The van der Waals surface area contributed by atoms with Gasteiger partial charge in [0.05, 0.1) is 10.9 Å². The van der Waals surface area contributed by atoms with Crippen molar-refractivity contribution in [3.8, 4) is 11.3 Å². The first kappa shape index (κ1) is 17.2. The molecule has 3 rings (SSSR count). The lowest BCUT2D eigenvalue weighted by Gasteiger charge is -2.10. The van der Waals surface area contributed by atoms with Gasteiger partial charge in [-0.25, -0.2) is 4.98 Å². The van der Waals surface area contributed by atoms with E-state index in [1.165, 1.54) is 23.1 Å². The number of rotatable bonds is 5. The van der Waals surface area contributed by atoms with Crippen molar-refractivity contribution in [2.24, 2.45) is 0 Å². The van der Waals surface area contributed by atoms with Crippen LogP contribution in [0.3, 0.4) is 0 Å². The summed E-state index contributed by atoms with van der Waals surface area (Å²) in [6.07, 6.45) is 0. The van der Waals surface area contributed by atoms with Gasteiger partial charge in [-0.2, -0.15) is 0 Å². The van der Waals surface area contributed by atoms with Crippen LogP contribution < -0.4 is 5.32 Å². The van der Waals surface area contributed by atoms with Gasteiger partial charge in [0.15, 0.2) is 5.13 Å². The molecular formula is C18H15BrN2OS2. The van der Waals surface area contributed by atoms with E-state index in [1.54, 1.807) is 0 Å². The van der Waals surface area contributed by atoms with E-state index in [0.29, 0.717) is 5.13 Å². The van der Waals surface area contributed by atoms with Crippen LogP contribution in [0.2, 0.25) is 0 Å². The van der Waals surface area contributed by atoms with Crippen molar-refractivity contribution < 1.29 is 4.79 Å². The second kappa shape index (κ2) is 7.96. The molecular weight excluding hydrogens is 404 g/mol. The van der Waals surface area contributed by atoms with Gasteiger partial charge in [0.25, 0.3) is 0 Å². The standard InChI is InChI=1S/C18H15BrN2OS2/c1-12(24-15-9-7-14(19)8-10-15)17(22)21-18-20-16(11-23-18)13-5-3-2-4-6-13/h2-12H,1H3,(H,20,21,22)/t12-/m1/s1. The van der Waals surface area contributed by atoms with Gasteiger partial charge in [-0.15, -0.1) is 23.1 Å². The van der Waals surface area contributed by atoms with Gasteiger partial charge >= 0.3 is 0 Å². The number of carbonyl (C=O) groups is 1. The van der Waals surface area contributed by atoms with E-state index in [4.69, 9.17) is 0 Å². The fraction of sp³-hybridized carbons (Fsp3) is 0.111. The monoisotopic (exact) mass is 418 g/mol. The number of benzene rings is 2. The molecule has 0 saturated carbocycles. The molecule has 0 unspecified atom stereocenters. The Morgan fingerprint density at radius 3 is 2.58 bits per heavy atom. The Morgan fingerprint density at radius 2 is 1.88 bits per heavy atom. The molecule has 1 aromatic heterocycles. The molecule has 122 valence electrons. The maximum Gasteiger partial charge on any atom is 0.239 e. The molecule has 1 atom stereocenters. The molecule has 0 radical (unpaired) electrons. The Hall–Kier alpha value is -1.63. The molecule has 1 N–H and O–H groups in total. The van der Waals surface area contributed by atoms with Crippen LogP contribution in [0.1, 0.15) is 6.92 Å². The molecule has 0 aliphatic carbocycles. The normalized spacial score (nSPS) is 11.9. The molecule has 1 amide bonds. The van der Waals surface area contributed by atoms with Gasteiger partial charge in [-0.1, -0.05) is 46.3 Å². The minimum atomic E-state index is -0.199. The van der Waals surface area contributed by atoms with E-state index in [9.17, 15) is 4.79 Å². The number of hydrogen-bond donors (Lipinski definition) is 1. The zero-order valence-electron chi connectivity index (χ0n) is 12.9. The van der Waals surface area contributed by atoms with E-state index in [-0.39, 0.29) is 11.2 Å². The van der Waals surface area contributed by atoms with E-state index >= 15 is 0 Å². The van der Waals surface area contributed by atoms with Crippen LogP contribution in [0.25, 0.3) is 11.3 Å². The van der Waals surface area contributed by atoms with Crippen LogP contribution >= 0.6 is 39.0 Å². The molecule has 3 nitrogen and oxygen atoms in total. The van der Waals surface area contributed by atoms with Gasteiger partial charge in [-0.05, 0) is 31.2 Å². The molecule has 1 heterocycles. The molecule has 0 fully saturated rings. The van der Waals surface area contributed by atoms with Gasteiger partial charge in [0.1, 0.15) is 0 Å². The van der Waals surface area contributed by atoms with Crippen molar-refractivity contribution in [2.75, 3.05) is 5.32 Å². The number of thiazole rings is 1. The summed E-state index contributed by atoms with van der Waals surface area (Å²) in [5, 5.41) is 5.29. The number of hydrogen-bond acceptors (Lipinski definition) is 4. The fourth-order valence-corrected chi connectivity index (χ4v) is 3.90. The molecule has 0 saturated heterocycles. The summed E-state index contributed by atoms with van der Waals surface area (Å²) in [6, 6.07) is 17.9. The first-order valence-electron chi connectivity index (χ1n) is 7.36. The molecule has 0 aliphatic rings. The summed E-state index contributed by atoms with van der Waals surface area (Å²) in [6.45, 7) is 1.90. The van der Waals surface area contributed by atoms with Crippen LogP contribution in [0.15, 0.2) is 69.3 Å². The average molecular weight is 419 g/mol. The smallest absolute Gasteiger partial charge is 0.239 e. The summed E-state index contributed by atoms with van der Waals surface area (Å²) in [5.41, 5.74) is 1.93. The Labute approximate surface area is 157 Å². The minimum Gasteiger partial charge on any atom is -0.301 e. The summed E-state index contributed by atoms with van der Waals surface area (Å²) in [7, 11) is 0. The number of amides is 1. The lowest BCUT2D eigenvalue weighted by Crippen LogP contribution is -2.22. The van der Waals surface area contributed by atoms with Crippen LogP contribution in [-0.2, 0) is 4.79 Å². The van der Waals surface area contributed by atoms with Gasteiger partial charge in [-0.3, -0.25) is 4.79 Å². The summed E-state index contributed by atoms with van der Waals surface area (Å²) in [5.74, 6) is -0.0446. The zero-order valence-corrected chi connectivity index (χ0v) is 16.1. The Balaban J connectivity index is 1.62. The molecule has 0 bridgehead atoms. The number of nitrogens with zero attached hydrogens (tertiary/aromatic N) is 1. The van der Waals surface area contributed by atoms with Crippen molar-refractivity contribution in [2.45, 2.75) is 17.1 Å². The first-order chi connectivity index (χ1) is 11.6. The highest BCUT2D eigenvalue weighted by Crippen LogP contribution is 2.28. The number of halogens is 1. The van der Waals surface area contributed by atoms with Crippen LogP contribution in [0.4, 0.5) is 5.13 Å². The molecule has 6 heteroatoms. The van der Waals surface area contributed by atoms with Crippen molar-refractivity contribution in [3.05, 3.63) is 64.5 Å². The molecule has 2 aromatic carbocycles. The van der Waals surface area contributed by atoms with Crippen molar-refractivity contribution in [1.82, 2.24) is 4.98 Å². The minimum absolute atomic E-state index is 0.0446. The Morgan fingerprint density at radius 1 is 1.17 bits per heavy atom. The topological polar surface area (TPSA) is 42.0 Å². The quantitative estimate of drug-likeness (QED) is 0.540. The SMILES string of the molecule is C[C@@H](Sc1ccc(Br)cc1)C(=O)Nc1nc(-c2ccccc2)cs1. The number of anilines is 1. The summed E-state index contributed by atoms with van der Waals surface area (Å²) >= 11 is 6.38. The largest absolute Gasteiger partial charge is 0.301 e. The van der Waals surface area contributed by atoms with Crippen molar-refractivity contribution in [3.63, 3.8) is 0 Å². The van der Waals surface area contributed by atoms with E-state index in [0.717, 1.165) is 20.6 Å². The molecule has 0 aliphatic heterocycles. The third kappa shape index (κ3) is 4.47. The van der Waals surface area contributed by atoms with Gasteiger partial charge in [0.2, 0.25) is 5.91 Å². The Bertz CT molecular complexity index is 819. The number of thioether (sulfide) groups is 1. The lowest BCUT2D eigenvalue weighted by molar-refractivity contribution is -0.115. The molecule has 24 heavy (non-hydrogen) atoms. The number of nitrogens with one attached hydrogen (secondary N) is 1. The highest BCUT2D eigenvalue weighted by Gasteiger charge is 2.16. The lowest BCUT2D eigenvalue weighted by atomic mass is 10.2. The van der Waals surface area contributed by atoms with E-state index < -0.39 is 0 Å². The van der Waals surface area contributed by atoms with Gasteiger partial charge < -0.3 is 5.32 Å². The van der Waals surface area contributed by atoms with Crippen LogP contribution in [0, 0.1) is 0 Å².